The minimum atomic E-state index is -0.787. The maximum Gasteiger partial charge on any atom is 0.411 e. The van der Waals surface area contributed by atoms with Crippen LogP contribution in [0, 0.1) is 0 Å². The topological polar surface area (TPSA) is 114 Å². The van der Waals surface area contributed by atoms with Crippen molar-refractivity contribution in [2.75, 3.05) is 34.4 Å². The number of ether oxygens (including phenoxy) is 3. The van der Waals surface area contributed by atoms with Gasteiger partial charge in [-0.15, -0.1) is 35.1 Å². The molecular formula is C38H43ClN2O7S2. The van der Waals surface area contributed by atoms with Gasteiger partial charge in [0.25, 0.3) is 0 Å². The average molecular weight is 739 g/mol. The molecule has 0 saturated carbocycles. The maximum absolute atomic E-state index is 12.6. The molecule has 12 heteroatoms. The van der Waals surface area contributed by atoms with E-state index in [-0.39, 0.29) is 24.4 Å². The first-order chi connectivity index (χ1) is 23.6. The van der Waals surface area contributed by atoms with E-state index in [0.29, 0.717) is 13.1 Å². The highest BCUT2D eigenvalue weighted by molar-refractivity contribution is 7.12. The molecule has 0 fully saturated rings. The number of esters is 2. The van der Waals surface area contributed by atoms with Gasteiger partial charge < -0.3 is 19.3 Å². The van der Waals surface area contributed by atoms with Crippen LogP contribution in [0.5, 0.6) is 0 Å². The van der Waals surface area contributed by atoms with Crippen molar-refractivity contribution in [2.45, 2.75) is 38.5 Å². The number of hydrogen-bond acceptors (Lipinski definition) is 10. The number of aliphatic hydroxyl groups excluding tert-OH is 1. The van der Waals surface area contributed by atoms with E-state index in [0.717, 1.165) is 34.3 Å². The minimum absolute atomic E-state index is 0. The fourth-order valence-electron chi connectivity index (χ4n) is 5.36. The summed E-state index contributed by atoms with van der Waals surface area (Å²) in [7, 11) is 3.73. The van der Waals surface area contributed by atoms with Crippen LogP contribution >= 0.6 is 35.1 Å². The van der Waals surface area contributed by atoms with Gasteiger partial charge in [0.15, 0.2) is 6.04 Å². The smallest absolute Gasteiger partial charge is 0.411 e. The molecule has 0 radical (unpaired) electrons. The van der Waals surface area contributed by atoms with Crippen molar-refractivity contribution in [3.8, 4) is 22.3 Å². The lowest BCUT2D eigenvalue weighted by molar-refractivity contribution is -0.144. The molecule has 50 heavy (non-hydrogen) atoms. The highest BCUT2D eigenvalue weighted by Gasteiger charge is 2.38. The van der Waals surface area contributed by atoms with Gasteiger partial charge in [0.05, 0.1) is 20.8 Å². The Kier molecular flexibility index (Phi) is 15.0. The fraction of sp³-hybridized carbons (Fsp3) is 0.289. The van der Waals surface area contributed by atoms with Crippen LogP contribution in [0.15, 0.2) is 95.7 Å². The molecule has 4 aromatic rings. The molecule has 2 aliphatic heterocycles. The van der Waals surface area contributed by atoms with E-state index in [1.807, 2.05) is 60.0 Å². The lowest BCUT2D eigenvalue weighted by Gasteiger charge is -2.27. The molecule has 0 bridgehead atoms. The minimum Gasteiger partial charge on any atom is -0.468 e. The highest BCUT2D eigenvalue weighted by Crippen LogP contribution is 2.38. The second-order valence-corrected chi connectivity index (χ2v) is 13.7. The number of amides is 1. The second kappa shape index (κ2) is 18.7. The molecule has 6 rings (SSSR count). The van der Waals surface area contributed by atoms with Crippen LogP contribution in [-0.4, -0.2) is 80.1 Å². The van der Waals surface area contributed by atoms with E-state index in [1.54, 1.807) is 49.5 Å². The summed E-state index contributed by atoms with van der Waals surface area (Å²) >= 11 is 3.29. The van der Waals surface area contributed by atoms with Crippen molar-refractivity contribution in [3.05, 3.63) is 105 Å². The number of rotatable bonds is 6. The van der Waals surface area contributed by atoms with Crippen molar-refractivity contribution >= 4 is 64.3 Å². The summed E-state index contributed by atoms with van der Waals surface area (Å²) in [5, 5.41) is 14.3. The first kappa shape index (κ1) is 40.2. The molecule has 2 aromatic carbocycles. The summed E-state index contributed by atoms with van der Waals surface area (Å²) in [6.45, 7) is 6.40. The van der Waals surface area contributed by atoms with Gasteiger partial charge in [-0.25, -0.2) is 9.59 Å². The Balaban J connectivity index is 0.000000262. The number of hydrogen-bond donors (Lipinski definition) is 2. The summed E-state index contributed by atoms with van der Waals surface area (Å²) < 4.78 is 15.1. The Hall–Kier alpha value is -4.26. The number of carbonyl (C=O) groups is 3. The van der Waals surface area contributed by atoms with Crippen molar-refractivity contribution in [3.63, 3.8) is 0 Å². The van der Waals surface area contributed by atoms with E-state index < -0.39 is 23.7 Å². The number of nitrogens with one attached hydrogen (secondary N) is 1. The standard InChI is InChI=1S/C21H23NO4S.C16H15NO2S.CH4O.ClH/c1-21(2,3)26-20(24)22-13-15(12-17(22)19(23)25-4)18-16(10-11-27-18)14-8-6-5-7-9-14;1-19-16(18)14-9-12(10-17-14)15-13(7-8-20-15)11-5-3-2-4-6-11;1-2;/h5-12,17H,13H2,1-4H3;2-9,14,17H,10H2,1H3;2H,1H3;1H/t17-;14-;;/m00../s1. The Labute approximate surface area is 307 Å². The lowest BCUT2D eigenvalue weighted by Crippen LogP contribution is -2.44. The van der Waals surface area contributed by atoms with Crippen LogP contribution in [0.1, 0.15) is 30.5 Å². The molecular weight excluding hydrogens is 696 g/mol. The van der Waals surface area contributed by atoms with Crippen LogP contribution in [-0.2, 0) is 23.8 Å². The van der Waals surface area contributed by atoms with E-state index >= 15 is 0 Å². The normalized spacial score (nSPS) is 16.3. The zero-order valence-corrected chi connectivity index (χ0v) is 31.3. The van der Waals surface area contributed by atoms with E-state index in [1.165, 1.54) is 35.1 Å². The molecule has 2 N–H and O–H groups in total. The first-order valence-electron chi connectivity index (χ1n) is 15.6. The van der Waals surface area contributed by atoms with E-state index in [2.05, 4.69) is 35.0 Å². The average Bonchev–Trinajstić information content (AvgIpc) is 3.94. The van der Waals surface area contributed by atoms with Gasteiger partial charge >= 0.3 is 18.0 Å². The van der Waals surface area contributed by atoms with Crippen LogP contribution in [0.25, 0.3) is 33.4 Å². The number of nitrogens with zero attached hydrogens (tertiary/aromatic N) is 1. The third-order valence-electron chi connectivity index (χ3n) is 7.52. The summed E-state index contributed by atoms with van der Waals surface area (Å²) in [6, 6.07) is 23.4. The number of methoxy groups -OCH3 is 2. The number of aliphatic hydroxyl groups is 1. The molecule has 0 unspecified atom stereocenters. The zero-order valence-electron chi connectivity index (χ0n) is 28.9. The molecule has 0 spiro atoms. The quantitative estimate of drug-likeness (QED) is 0.154. The lowest BCUT2D eigenvalue weighted by atomic mass is 10.0. The van der Waals surface area contributed by atoms with Gasteiger partial charge in [0, 0.05) is 29.0 Å². The van der Waals surface area contributed by atoms with Gasteiger partial charge in [-0.05, 0) is 77.6 Å². The van der Waals surface area contributed by atoms with Gasteiger partial charge in [-0.3, -0.25) is 15.0 Å². The monoisotopic (exact) mass is 738 g/mol. The molecule has 266 valence electrons. The van der Waals surface area contributed by atoms with Gasteiger partial charge in [0.2, 0.25) is 0 Å². The molecule has 1 amide bonds. The molecule has 4 heterocycles. The fourth-order valence-corrected chi connectivity index (χ4v) is 7.24. The number of carbonyl (C=O) groups excluding carboxylic acids is 3. The largest absolute Gasteiger partial charge is 0.468 e. The zero-order chi connectivity index (χ0) is 35.6. The third-order valence-corrected chi connectivity index (χ3v) is 9.50. The van der Waals surface area contributed by atoms with E-state index in [9.17, 15) is 14.4 Å². The predicted octanol–water partition coefficient (Wildman–Crippen LogP) is 7.56. The molecule has 0 saturated heterocycles. The summed E-state index contributed by atoms with van der Waals surface area (Å²) in [6.07, 6.45) is 3.24. The van der Waals surface area contributed by atoms with Crippen LogP contribution in [0.2, 0.25) is 0 Å². The Morgan fingerprint density at radius 2 is 1.26 bits per heavy atom. The number of halogens is 1. The Bertz CT molecular complexity index is 1780. The summed E-state index contributed by atoms with van der Waals surface area (Å²) in [5.41, 5.74) is 6.04. The van der Waals surface area contributed by atoms with E-state index in [4.69, 9.17) is 19.3 Å². The Morgan fingerprint density at radius 3 is 1.74 bits per heavy atom. The van der Waals surface area contributed by atoms with Crippen molar-refractivity contribution in [1.82, 2.24) is 10.2 Å². The molecule has 2 aromatic heterocycles. The molecule has 2 aliphatic rings. The van der Waals surface area contributed by atoms with Gasteiger partial charge in [-0.2, -0.15) is 0 Å². The summed E-state index contributed by atoms with van der Waals surface area (Å²) in [4.78, 5) is 40.1. The van der Waals surface area contributed by atoms with Crippen molar-refractivity contribution in [2.24, 2.45) is 0 Å². The predicted molar refractivity (Wildman–Crippen MR) is 203 cm³/mol. The van der Waals surface area contributed by atoms with Gasteiger partial charge in [0.1, 0.15) is 11.6 Å². The van der Waals surface area contributed by atoms with Crippen molar-refractivity contribution in [1.29, 1.82) is 0 Å². The first-order valence-corrected chi connectivity index (χ1v) is 17.4. The molecule has 0 aliphatic carbocycles. The third kappa shape index (κ3) is 9.92. The number of benzene rings is 2. The van der Waals surface area contributed by atoms with Gasteiger partial charge in [-0.1, -0.05) is 66.7 Å². The molecule has 2 atom stereocenters. The van der Waals surface area contributed by atoms with Crippen LogP contribution in [0.3, 0.4) is 0 Å². The van der Waals surface area contributed by atoms with Crippen LogP contribution in [0.4, 0.5) is 4.79 Å². The second-order valence-electron chi connectivity index (χ2n) is 11.9. The molecule has 9 nitrogen and oxygen atoms in total. The van der Waals surface area contributed by atoms with Crippen LogP contribution < -0.4 is 5.32 Å². The highest BCUT2D eigenvalue weighted by atomic mass is 35.5. The maximum atomic E-state index is 12.6. The van der Waals surface area contributed by atoms with Crippen molar-refractivity contribution < 1.29 is 33.7 Å². The Morgan fingerprint density at radius 1 is 0.760 bits per heavy atom. The number of thiophene rings is 2. The summed E-state index contributed by atoms with van der Waals surface area (Å²) in [5.74, 6) is -0.716. The SMILES string of the molecule is CO.COC(=O)[C@@H]1C=C(c2sccc2-c2ccccc2)CN1.COC(=O)[C@@H]1C=C(c2sccc2-c2ccccc2)CN1C(=O)OC(C)(C)C.Cl.